The van der Waals surface area contributed by atoms with Crippen molar-refractivity contribution >= 4 is 15.9 Å². The molecule has 2 nitrogen and oxygen atoms in total. The molecule has 15 heavy (non-hydrogen) atoms. The molecule has 1 aromatic rings. The monoisotopic (exact) mass is 270 g/mol. The molecule has 1 fully saturated rings. The summed E-state index contributed by atoms with van der Waals surface area (Å²) >= 11 is 3.57. The van der Waals surface area contributed by atoms with Gasteiger partial charge in [-0.2, -0.15) is 0 Å². The Bertz CT molecular complexity index is 381. The molecule has 1 aromatic carbocycles. The number of hydrogen-bond donors (Lipinski definition) is 0. The summed E-state index contributed by atoms with van der Waals surface area (Å²) < 4.78 is 12.4. The molecule has 0 bridgehead atoms. The highest BCUT2D eigenvalue weighted by molar-refractivity contribution is 9.10. The highest BCUT2D eigenvalue weighted by Crippen LogP contribution is 2.36. The molecule has 0 unspecified atom stereocenters. The molecule has 0 spiro atoms. The minimum absolute atomic E-state index is 0.586. The van der Waals surface area contributed by atoms with Crippen molar-refractivity contribution in [2.24, 2.45) is 0 Å². The third-order valence-corrected chi connectivity index (χ3v) is 3.57. The average molecular weight is 271 g/mol. The minimum Gasteiger partial charge on any atom is -0.344 e. The largest absolute Gasteiger partial charge is 0.344 e. The fourth-order valence-electron chi connectivity index (χ4n) is 1.80. The van der Waals surface area contributed by atoms with Crippen LogP contribution in [-0.2, 0) is 15.3 Å². The quantitative estimate of drug-likeness (QED) is 0.780. The lowest BCUT2D eigenvalue weighted by Gasteiger charge is -2.25. The third-order valence-electron chi connectivity index (χ3n) is 2.91. The van der Waals surface area contributed by atoms with Crippen LogP contribution < -0.4 is 0 Å². The molecule has 0 saturated carbocycles. The van der Waals surface area contributed by atoms with E-state index in [2.05, 4.69) is 41.9 Å². The van der Waals surface area contributed by atoms with Gasteiger partial charge in [-0.3, -0.25) is 0 Å². The first kappa shape index (κ1) is 11.1. The summed E-state index contributed by atoms with van der Waals surface area (Å²) in [5.41, 5.74) is 3.60. The topological polar surface area (TPSA) is 18.5 Å². The molecule has 1 aliphatic heterocycles. The van der Waals surface area contributed by atoms with Crippen molar-refractivity contribution in [1.82, 2.24) is 0 Å². The van der Waals surface area contributed by atoms with Crippen molar-refractivity contribution in [3.63, 3.8) is 0 Å². The number of benzene rings is 1. The zero-order valence-electron chi connectivity index (χ0n) is 9.26. The Hall–Kier alpha value is -0.380. The van der Waals surface area contributed by atoms with Crippen molar-refractivity contribution in [1.29, 1.82) is 0 Å². The van der Waals surface area contributed by atoms with E-state index >= 15 is 0 Å². The van der Waals surface area contributed by atoms with Crippen LogP contribution >= 0.6 is 15.9 Å². The lowest BCUT2D eigenvalue weighted by molar-refractivity contribution is -0.150. The SMILES string of the molecule is Cc1cc(Br)c(C2(C)OCCO2)cc1C. The smallest absolute Gasteiger partial charge is 0.193 e. The van der Waals surface area contributed by atoms with E-state index < -0.39 is 5.79 Å². The molecule has 2 rings (SSSR count). The summed E-state index contributed by atoms with van der Waals surface area (Å²) in [6, 6.07) is 4.24. The Balaban J connectivity index is 2.48. The maximum atomic E-state index is 5.65. The van der Waals surface area contributed by atoms with Gasteiger partial charge in [-0.1, -0.05) is 15.9 Å². The van der Waals surface area contributed by atoms with Gasteiger partial charge in [0.1, 0.15) is 0 Å². The van der Waals surface area contributed by atoms with E-state index in [9.17, 15) is 0 Å². The van der Waals surface area contributed by atoms with Gasteiger partial charge in [0, 0.05) is 10.0 Å². The number of aryl methyl sites for hydroxylation is 2. The first-order chi connectivity index (χ1) is 7.03. The normalized spacial score (nSPS) is 19.5. The Morgan fingerprint density at radius 2 is 1.67 bits per heavy atom. The highest BCUT2D eigenvalue weighted by atomic mass is 79.9. The zero-order chi connectivity index (χ0) is 11.1. The van der Waals surface area contributed by atoms with Crippen molar-refractivity contribution in [3.05, 3.63) is 33.3 Å². The number of rotatable bonds is 1. The van der Waals surface area contributed by atoms with Crippen LogP contribution in [0.5, 0.6) is 0 Å². The van der Waals surface area contributed by atoms with Crippen LogP contribution in [0.1, 0.15) is 23.6 Å². The first-order valence-corrected chi connectivity index (χ1v) is 5.87. The zero-order valence-corrected chi connectivity index (χ0v) is 10.8. The maximum absolute atomic E-state index is 5.65. The molecule has 0 aliphatic carbocycles. The molecule has 0 N–H and O–H groups in total. The van der Waals surface area contributed by atoms with Gasteiger partial charge in [0.05, 0.1) is 13.2 Å². The Labute approximate surface area is 98.7 Å². The molecule has 1 saturated heterocycles. The second-order valence-corrected chi connectivity index (χ2v) is 4.91. The van der Waals surface area contributed by atoms with Crippen LogP contribution in [-0.4, -0.2) is 13.2 Å². The molecular formula is C12H15BrO2. The lowest BCUT2D eigenvalue weighted by Crippen LogP contribution is -2.23. The van der Waals surface area contributed by atoms with Crippen molar-refractivity contribution < 1.29 is 9.47 Å². The molecule has 0 radical (unpaired) electrons. The summed E-state index contributed by atoms with van der Waals surface area (Å²) in [6.45, 7) is 7.49. The standard InChI is InChI=1S/C12H15BrO2/c1-8-6-10(11(13)7-9(8)2)12(3)14-4-5-15-12/h6-7H,4-5H2,1-3H3. The van der Waals surface area contributed by atoms with Gasteiger partial charge in [0.2, 0.25) is 0 Å². The molecule has 82 valence electrons. The maximum Gasteiger partial charge on any atom is 0.193 e. The molecule has 1 aliphatic rings. The summed E-state index contributed by atoms with van der Waals surface area (Å²) in [5.74, 6) is -0.586. The third kappa shape index (κ3) is 1.96. The molecule has 0 atom stereocenters. The van der Waals surface area contributed by atoms with Gasteiger partial charge in [-0.05, 0) is 44.0 Å². The van der Waals surface area contributed by atoms with Crippen LogP contribution in [0.3, 0.4) is 0 Å². The van der Waals surface area contributed by atoms with Gasteiger partial charge < -0.3 is 9.47 Å². The highest BCUT2D eigenvalue weighted by Gasteiger charge is 2.35. The molecule has 3 heteroatoms. The van der Waals surface area contributed by atoms with Gasteiger partial charge in [-0.15, -0.1) is 0 Å². The van der Waals surface area contributed by atoms with Gasteiger partial charge in [0.25, 0.3) is 0 Å². The summed E-state index contributed by atoms with van der Waals surface area (Å²) in [7, 11) is 0. The van der Waals surface area contributed by atoms with E-state index in [1.54, 1.807) is 0 Å². The summed E-state index contributed by atoms with van der Waals surface area (Å²) in [6.07, 6.45) is 0. The van der Waals surface area contributed by atoms with Crippen LogP contribution in [0.2, 0.25) is 0 Å². The predicted octanol–water partition coefficient (Wildman–Crippen LogP) is 3.29. The van der Waals surface area contributed by atoms with Gasteiger partial charge in [0.15, 0.2) is 5.79 Å². The van der Waals surface area contributed by atoms with Crippen LogP contribution in [0.4, 0.5) is 0 Å². The number of hydrogen-bond acceptors (Lipinski definition) is 2. The van der Waals surface area contributed by atoms with Crippen LogP contribution in [0.25, 0.3) is 0 Å². The van der Waals surface area contributed by atoms with Crippen molar-refractivity contribution in [3.8, 4) is 0 Å². The average Bonchev–Trinajstić information content (AvgIpc) is 2.60. The molecular weight excluding hydrogens is 256 g/mol. The fraction of sp³-hybridized carbons (Fsp3) is 0.500. The molecule has 0 aromatic heterocycles. The fourth-order valence-corrected chi connectivity index (χ4v) is 2.62. The minimum atomic E-state index is -0.586. The van der Waals surface area contributed by atoms with E-state index in [0.29, 0.717) is 13.2 Å². The van der Waals surface area contributed by atoms with E-state index in [1.807, 2.05) is 6.92 Å². The number of ether oxygens (including phenoxy) is 2. The van der Waals surface area contributed by atoms with Crippen LogP contribution in [0, 0.1) is 13.8 Å². The second-order valence-electron chi connectivity index (χ2n) is 4.06. The Kier molecular flexibility index (Phi) is 2.88. The second kappa shape index (κ2) is 3.89. The number of halogens is 1. The summed E-state index contributed by atoms with van der Waals surface area (Å²) in [4.78, 5) is 0. The van der Waals surface area contributed by atoms with Crippen molar-refractivity contribution in [2.45, 2.75) is 26.6 Å². The van der Waals surface area contributed by atoms with Gasteiger partial charge in [-0.25, -0.2) is 0 Å². The van der Waals surface area contributed by atoms with E-state index in [0.717, 1.165) is 10.0 Å². The first-order valence-electron chi connectivity index (χ1n) is 5.08. The Morgan fingerprint density at radius 1 is 1.13 bits per heavy atom. The predicted molar refractivity (Wildman–Crippen MR) is 62.9 cm³/mol. The van der Waals surface area contributed by atoms with Gasteiger partial charge >= 0.3 is 0 Å². The van der Waals surface area contributed by atoms with Crippen molar-refractivity contribution in [2.75, 3.05) is 13.2 Å². The molecule has 0 amide bonds. The van der Waals surface area contributed by atoms with E-state index in [1.165, 1.54) is 11.1 Å². The van der Waals surface area contributed by atoms with E-state index in [4.69, 9.17) is 9.47 Å². The Morgan fingerprint density at radius 3 is 2.27 bits per heavy atom. The molecule has 1 heterocycles. The van der Waals surface area contributed by atoms with Crippen LogP contribution in [0.15, 0.2) is 16.6 Å². The lowest BCUT2D eigenvalue weighted by atomic mass is 10.0. The summed E-state index contributed by atoms with van der Waals surface area (Å²) in [5, 5.41) is 0. The van der Waals surface area contributed by atoms with E-state index in [-0.39, 0.29) is 0 Å².